The fourth-order valence-electron chi connectivity index (χ4n) is 3.95. The Morgan fingerprint density at radius 1 is 1.10 bits per heavy atom. The monoisotopic (exact) mass is 397 g/mol. The Morgan fingerprint density at radius 2 is 1.76 bits per heavy atom. The van der Waals surface area contributed by atoms with Crippen LogP contribution in [0.15, 0.2) is 48.5 Å². The third kappa shape index (κ3) is 5.24. The van der Waals surface area contributed by atoms with Gasteiger partial charge in [-0.05, 0) is 48.2 Å². The van der Waals surface area contributed by atoms with Gasteiger partial charge in [-0.1, -0.05) is 61.9 Å². The van der Waals surface area contributed by atoms with Crippen LogP contribution in [0.2, 0.25) is 0 Å². The molecule has 1 aliphatic rings. The maximum Gasteiger partial charge on any atom is 0.307 e. The van der Waals surface area contributed by atoms with Crippen LogP contribution in [0.1, 0.15) is 51.0 Å². The second-order valence-corrected chi connectivity index (χ2v) is 7.40. The van der Waals surface area contributed by atoms with E-state index in [1.807, 2.05) is 24.3 Å². The first-order chi connectivity index (χ1) is 14.6. The second kappa shape index (κ2) is 10.2. The highest BCUT2D eigenvalue weighted by Crippen LogP contribution is 2.44. The van der Waals surface area contributed by atoms with E-state index in [9.17, 15) is 14.7 Å². The van der Waals surface area contributed by atoms with Crippen molar-refractivity contribution in [1.82, 2.24) is 5.32 Å². The van der Waals surface area contributed by atoms with Crippen LogP contribution in [0, 0.1) is 5.92 Å². The number of carboxylic acids is 1. The van der Waals surface area contributed by atoms with E-state index in [2.05, 4.69) is 29.6 Å². The summed E-state index contributed by atoms with van der Waals surface area (Å²) in [4.78, 5) is 23.9. The van der Waals surface area contributed by atoms with Crippen molar-refractivity contribution >= 4 is 11.9 Å². The molecule has 0 radical (unpaired) electrons. The van der Waals surface area contributed by atoms with Gasteiger partial charge >= 0.3 is 11.9 Å². The van der Waals surface area contributed by atoms with Crippen molar-refractivity contribution in [2.75, 3.05) is 19.7 Å². The van der Waals surface area contributed by atoms with Crippen LogP contribution >= 0.6 is 0 Å². The van der Waals surface area contributed by atoms with Crippen LogP contribution in [0.4, 0.5) is 0 Å². The molecule has 5 heteroatoms. The van der Waals surface area contributed by atoms with Crippen molar-refractivity contribution in [3.05, 3.63) is 59.7 Å². The Morgan fingerprint density at radius 3 is 2.38 bits per heavy atom. The summed E-state index contributed by atoms with van der Waals surface area (Å²) in [5.74, 6) is -2.16. The number of carbonyl (C=O) groups is 2. The summed E-state index contributed by atoms with van der Waals surface area (Å²) in [6.45, 7) is 1.95. The first kappa shape index (κ1) is 19.6. The molecule has 0 bridgehead atoms. The molecule has 1 unspecified atom stereocenters. The largest absolute Gasteiger partial charge is 0.481 e. The molecular weight excluding hydrogens is 366 g/mol. The van der Waals surface area contributed by atoms with Crippen molar-refractivity contribution in [3.63, 3.8) is 0 Å². The lowest BCUT2D eigenvalue weighted by atomic mass is 9.97. The molecule has 0 aliphatic heterocycles. The van der Waals surface area contributed by atoms with Crippen molar-refractivity contribution in [2.24, 2.45) is 5.92 Å². The lowest BCUT2D eigenvalue weighted by molar-refractivity contribution is -0.152. The zero-order valence-electron chi connectivity index (χ0n) is 17.6. The number of unbranched alkanes of at least 4 members (excludes halogenated alkanes) is 1. The van der Waals surface area contributed by atoms with Crippen molar-refractivity contribution < 1.29 is 20.8 Å². The number of hydrogen-bond acceptors (Lipinski definition) is 4. The van der Waals surface area contributed by atoms with E-state index in [0.29, 0.717) is 19.9 Å². The van der Waals surface area contributed by atoms with Gasteiger partial charge in [0.25, 0.3) is 0 Å². The molecule has 1 atom stereocenters. The second-order valence-electron chi connectivity index (χ2n) is 7.40. The minimum Gasteiger partial charge on any atom is -0.481 e. The van der Waals surface area contributed by atoms with Crippen molar-refractivity contribution in [1.29, 1.82) is 0 Å². The van der Waals surface area contributed by atoms with E-state index in [4.69, 9.17) is 6.11 Å². The summed E-state index contributed by atoms with van der Waals surface area (Å²) in [6.07, 6.45) is 1.89. The molecule has 2 aromatic rings. The Labute approximate surface area is 173 Å². The minimum atomic E-state index is -0.956. The first-order valence-corrected chi connectivity index (χ1v) is 10.2. The van der Waals surface area contributed by atoms with E-state index in [0.717, 1.165) is 41.6 Å². The van der Waals surface area contributed by atoms with Crippen LogP contribution in [-0.4, -0.2) is 36.7 Å². The quantitative estimate of drug-likeness (QED) is 0.439. The van der Waals surface area contributed by atoms with E-state index in [-0.39, 0.29) is 18.9 Å². The van der Waals surface area contributed by atoms with Gasteiger partial charge in [0, 0.05) is 7.29 Å². The fourth-order valence-corrected chi connectivity index (χ4v) is 3.95. The third-order valence-electron chi connectivity index (χ3n) is 5.47. The molecule has 0 spiro atoms. The lowest BCUT2D eigenvalue weighted by Crippen LogP contribution is -2.21. The third-order valence-corrected chi connectivity index (χ3v) is 5.47. The number of hydrogen-bond donors (Lipinski definition) is 2. The molecule has 3 rings (SSSR count). The molecule has 2 aromatic carbocycles. The van der Waals surface area contributed by atoms with Gasteiger partial charge in [-0.3, -0.25) is 9.59 Å². The number of benzene rings is 2. The first-order valence-electron chi connectivity index (χ1n) is 10.9. The molecule has 1 aliphatic carbocycles. The number of carbonyl (C=O) groups excluding carboxylic acids is 1. The molecular formula is C24H29NO4. The average Bonchev–Trinajstić information content (AvgIpc) is 3.07. The predicted molar refractivity (Wildman–Crippen MR) is 113 cm³/mol. The van der Waals surface area contributed by atoms with Gasteiger partial charge in [0.15, 0.2) is 0 Å². The number of nitrogens with one attached hydrogen (secondary N) is 1. The molecule has 5 nitrogen and oxygen atoms in total. The van der Waals surface area contributed by atoms with Crippen LogP contribution in [0.3, 0.4) is 0 Å². The van der Waals surface area contributed by atoms with Gasteiger partial charge in [-0.15, -0.1) is 0 Å². The molecule has 0 fully saturated rings. The van der Waals surface area contributed by atoms with Gasteiger partial charge in [0.1, 0.15) is 6.61 Å². The van der Waals surface area contributed by atoms with Crippen LogP contribution in [-0.2, 0) is 14.3 Å². The molecule has 154 valence electrons. The van der Waals surface area contributed by atoms with Crippen molar-refractivity contribution in [3.8, 4) is 11.1 Å². The molecule has 0 amide bonds. The molecule has 0 saturated heterocycles. The Balaban J connectivity index is 1.53. The van der Waals surface area contributed by atoms with E-state index in [1.54, 1.807) is 0 Å². The number of aliphatic carboxylic acids is 1. The Kier molecular flexibility index (Phi) is 6.92. The van der Waals surface area contributed by atoms with Crippen molar-refractivity contribution in [2.45, 2.75) is 38.5 Å². The molecule has 29 heavy (non-hydrogen) atoms. The normalized spacial score (nSPS) is 14.0. The topological polar surface area (TPSA) is 75.6 Å². The van der Waals surface area contributed by atoms with Gasteiger partial charge in [0.2, 0.25) is 0 Å². The standard InChI is InChI=1S/C24H29NO4/c1-2-25-14-8-7-9-17(24(27)28)15-23(26)29-16-22-20-12-5-3-10-18(20)19-11-4-6-13-21(19)22/h3-6,10-13,17,22,25H,2,7-9,14-16H2,1H3,(H,27,28)/i1T. The number of carboxylic acid groups (broad SMARTS) is 1. The fraction of sp³-hybridized carbons (Fsp3) is 0.417. The summed E-state index contributed by atoms with van der Waals surface area (Å²) in [5.41, 5.74) is 4.61. The minimum absolute atomic E-state index is 0.0206. The Hall–Kier alpha value is -2.66. The average molecular weight is 398 g/mol. The van der Waals surface area contributed by atoms with E-state index in [1.165, 1.54) is 0 Å². The number of ether oxygens (including phenoxy) is 1. The number of fused-ring (bicyclic) bond motifs is 3. The molecule has 0 aromatic heterocycles. The molecule has 0 heterocycles. The van der Waals surface area contributed by atoms with E-state index < -0.39 is 17.9 Å². The van der Waals surface area contributed by atoms with Crippen LogP contribution in [0.25, 0.3) is 11.1 Å². The molecule has 0 saturated carbocycles. The number of esters is 1. The lowest BCUT2D eigenvalue weighted by Gasteiger charge is -2.16. The Bertz CT molecular complexity index is 824. The van der Waals surface area contributed by atoms with Gasteiger partial charge in [0.05, 0.1) is 12.3 Å². The highest BCUT2D eigenvalue weighted by molar-refractivity contribution is 5.80. The van der Waals surface area contributed by atoms with Gasteiger partial charge in [-0.2, -0.15) is 0 Å². The highest BCUT2D eigenvalue weighted by atomic mass is 16.5. The maximum absolute atomic E-state index is 12.4. The smallest absolute Gasteiger partial charge is 0.307 e. The summed E-state index contributed by atoms with van der Waals surface area (Å²) in [7, 11) is 0. The van der Waals surface area contributed by atoms with Gasteiger partial charge < -0.3 is 15.2 Å². The van der Waals surface area contributed by atoms with Gasteiger partial charge in [-0.25, -0.2) is 0 Å². The predicted octanol–water partition coefficient (Wildman–Crippen LogP) is 4.21. The highest BCUT2D eigenvalue weighted by Gasteiger charge is 2.29. The summed E-state index contributed by atoms with van der Waals surface area (Å²) in [6, 6.07) is 16.3. The molecule has 2 N–H and O–H groups in total. The van der Waals surface area contributed by atoms with E-state index >= 15 is 0 Å². The van der Waals surface area contributed by atoms with Crippen LogP contribution in [0.5, 0.6) is 0 Å². The van der Waals surface area contributed by atoms with Crippen LogP contribution < -0.4 is 5.32 Å². The number of rotatable bonds is 11. The SMILES string of the molecule is [3H]CCNCCCCC(CC(=O)OCC1c2ccccc2-c2ccccc21)C(=O)O. The zero-order valence-corrected chi connectivity index (χ0v) is 16.6. The summed E-state index contributed by atoms with van der Waals surface area (Å²) >= 11 is 0. The summed E-state index contributed by atoms with van der Waals surface area (Å²) < 4.78 is 12.6. The summed E-state index contributed by atoms with van der Waals surface area (Å²) in [5, 5.41) is 12.6. The zero-order chi connectivity index (χ0) is 21.3. The maximum atomic E-state index is 12.4.